The molecule has 0 atom stereocenters. The van der Waals surface area contributed by atoms with Gasteiger partial charge in [-0.15, -0.1) is 0 Å². The maximum atomic E-state index is 6.17. The highest BCUT2D eigenvalue weighted by molar-refractivity contribution is 6.35. The molecule has 0 aliphatic rings. The summed E-state index contributed by atoms with van der Waals surface area (Å²) < 4.78 is 1.70. The number of H-pyrrole nitrogens is 1. The van der Waals surface area contributed by atoms with Crippen LogP contribution in [-0.4, -0.2) is 19.7 Å². The number of aryl methyl sites for hydroxylation is 1. The van der Waals surface area contributed by atoms with Gasteiger partial charge in [-0.1, -0.05) is 23.2 Å². The zero-order valence-electron chi connectivity index (χ0n) is 11.3. The minimum Gasteiger partial charge on any atom is -0.375 e. The summed E-state index contributed by atoms with van der Waals surface area (Å²) in [6, 6.07) is 5.30. The maximum Gasteiger partial charge on any atom is 0.125 e. The van der Waals surface area contributed by atoms with Gasteiger partial charge in [-0.05, 0) is 25.1 Å². The Hall–Kier alpha value is -1.98. The number of halogens is 2. The minimum absolute atomic E-state index is 0.554. The number of anilines is 1. The quantitative estimate of drug-likeness (QED) is 0.768. The van der Waals surface area contributed by atoms with E-state index in [4.69, 9.17) is 23.2 Å². The molecular weight excluding hydrogens is 309 g/mol. The number of nitrogens with one attached hydrogen (secondary N) is 2. The first kappa shape index (κ1) is 14.0. The van der Waals surface area contributed by atoms with Crippen molar-refractivity contribution in [2.24, 2.45) is 0 Å². The molecule has 3 rings (SSSR count). The van der Waals surface area contributed by atoms with Crippen molar-refractivity contribution in [2.45, 2.75) is 13.5 Å². The number of hydrogen-bond acceptors (Lipinski definition) is 3. The molecule has 0 unspecified atom stereocenters. The predicted octanol–water partition coefficient (Wildman–Crippen LogP) is 3.82. The van der Waals surface area contributed by atoms with Crippen LogP contribution >= 0.6 is 23.2 Å². The van der Waals surface area contributed by atoms with Gasteiger partial charge < -0.3 is 10.3 Å². The molecule has 0 radical (unpaired) electrons. The lowest BCUT2D eigenvalue weighted by Crippen LogP contribution is -2.00. The van der Waals surface area contributed by atoms with E-state index in [2.05, 4.69) is 20.4 Å². The maximum absolute atomic E-state index is 6.17. The van der Waals surface area contributed by atoms with Gasteiger partial charge in [-0.25, -0.2) is 9.67 Å². The second kappa shape index (κ2) is 5.79. The highest BCUT2D eigenvalue weighted by atomic mass is 35.5. The average Bonchev–Trinajstić information content (AvgIpc) is 3.05. The monoisotopic (exact) mass is 321 g/mol. The van der Waals surface area contributed by atoms with Crippen molar-refractivity contribution < 1.29 is 0 Å². The zero-order valence-corrected chi connectivity index (χ0v) is 12.8. The molecule has 21 heavy (non-hydrogen) atoms. The number of aromatic nitrogens is 4. The van der Waals surface area contributed by atoms with Crippen LogP contribution in [0.25, 0.3) is 5.69 Å². The van der Waals surface area contributed by atoms with Crippen molar-refractivity contribution >= 4 is 28.9 Å². The van der Waals surface area contributed by atoms with E-state index in [0.717, 1.165) is 22.9 Å². The fraction of sp³-hybridized carbons (Fsp3) is 0.143. The molecule has 5 nitrogen and oxygen atoms in total. The van der Waals surface area contributed by atoms with E-state index in [9.17, 15) is 0 Å². The number of hydrogen-bond donors (Lipinski definition) is 2. The second-order valence-electron chi connectivity index (χ2n) is 4.64. The molecule has 1 aromatic carbocycles. The van der Waals surface area contributed by atoms with Crippen LogP contribution in [0.3, 0.4) is 0 Å². The van der Waals surface area contributed by atoms with Gasteiger partial charge in [-0.3, -0.25) is 0 Å². The van der Waals surface area contributed by atoms with Crippen LogP contribution in [-0.2, 0) is 6.54 Å². The van der Waals surface area contributed by atoms with Gasteiger partial charge in [0.2, 0.25) is 0 Å². The average molecular weight is 322 g/mol. The lowest BCUT2D eigenvalue weighted by Gasteiger charge is -2.04. The summed E-state index contributed by atoms with van der Waals surface area (Å²) in [6.45, 7) is 2.57. The summed E-state index contributed by atoms with van der Waals surface area (Å²) in [7, 11) is 0. The number of nitrogens with zero attached hydrogens (tertiary/aromatic N) is 3. The minimum atomic E-state index is 0.554. The van der Waals surface area contributed by atoms with Crippen LogP contribution in [0.2, 0.25) is 10.0 Å². The molecule has 108 valence electrons. The standard InChI is InChI=1S/C14H13Cl2N5/c1-9-5-18-14(20-9)7-17-11-6-19-21(8-11)13-3-2-10(15)4-12(13)16/h2-6,8,17H,7H2,1H3,(H,18,20). The molecule has 0 aliphatic heterocycles. The summed E-state index contributed by atoms with van der Waals surface area (Å²) >= 11 is 12.1. The van der Waals surface area contributed by atoms with Crippen LogP contribution in [0, 0.1) is 6.92 Å². The molecule has 2 aromatic heterocycles. The Bertz CT molecular complexity index is 762. The van der Waals surface area contributed by atoms with Gasteiger partial charge in [0.1, 0.15) is 5.82 Å². The summed E-state index contributed by atoms with van der Waals surface area (Å²) in [5.74, 6) is 0.879. The predicted molar refractivity (Wildman–Crippen MR) is 84.2 cm³/mol. The van der Waals surface area contributed by atoms with Crippen LogP contribution in [0.5, 0.6) is 0 Å². The van der Waals surface area contributed by atoms with Crippen LogP contribution in [0.4, 0.5) is 5.69 Å². The second-order valence-corrected chi connectivity index (χ2v) is 5.48. The van der Waals surface area contributed by atoms with Crippen molar-refractivity contribution in [1.29, 1.82) is 0 Å². The first-order valence-electron chi connectivity index (χ1n) is 6.36. The largest absolute Gasteiger partial charge is 0.375 e. The first-order valence-corrected chi connectivity index (χ1v) is 7.12. The molecule has 7 heteroatoms. The Balaban J connectivity index is 1.74. The van der Waals surface area contributed by atoms with Crippen molar-refractivity contribution in [1.82, 2.24) is 19.7 Å². The molecule has 2 heterocycles. The molecule has 0 fully saturated rings. The molecule has 0 saturated heterocycles. The number of benzene rings is 1. The van der Waals surface area contributed by atoms with E-state index in [0.29, 0.717) is 16.6 Å². The molecule has 2 N–H and O–H groups in total. The van der Waals surface area contributed by atoms with Crippen LogP contribution in [0.15, 0.2) is 36.8 Å². The Labute approximate surface area is 131 Å². The number of imidazole rings is 1. The Morgan fingerprint density at radius 3 is 2.86 bits per heavy atom. The summed E-state index contributed by atoms with van der Waals surface area (Å²) in [5.41, 5.74) is 2.70. The van der Waals surface area contributed by atoms with E-state index in [1.165, 1.54) is 0 Å². The molecule has 0 spiro atoms. The third-order valence-corrected chi connectivity index (χ3v) is 3.49. The lowest BCUT2D eigenvalue weighted by molar-refractivity contribution is 0.880. The Morgan fingerprint density at radius 2 is 2.14 bits per heavy atom. The summed E-state index contributed by atoms with van der Waals surface area (Å²) in [6.07, 6.45) is 5.40. The van der Waals surface area contributed by atoms with Gasteiger partial charge in [0.25, 0.3) is 0 Å². The van der Waals surface area contributed by atoms with E-state index in [-0.39, 0.29) is 0 Å². The number of rotatable bonds is 4. The zero-order chi connectivity index (χ0) is 14.8. The van der Waals surface area contributed by atoms with Crippen molar-refractivity contribution in [2.75, 3.05) is 5.32 Å². The molecule has 0 aliphatic carbocycles. The normalized spacial score (nSPS) is 10.8. The lowest BCUT2D eigenvalue weighted by atomic mass is 10.3. The van der Waals surface area contributed by atoms with E-state index in [1.807, 2.05) is 19.2 Å². The summed E-state index contributed by atoms with van der Waals surface area (Å²) in [4.78, 5) is 7.40. The van der Waals surface area contributed by atoms with E-state index < -0.39 is 0 Å². The smallest absolute Gasteiger partial charge is 0.125 e. The van der Waals surface area contributed by atoms with Gasteiger partial charge in [0, 0.05) is 16.9 Å². The van der Waals surface area contributed by atoms with Crippen molar-refractivity contribution in [3.8, 4) is 5.69 Å². The van der Waals surface area contributed by atoms with Gasteiger partial charge in [-0.2, -0.15) is 5.10 Å². The topological polar surface area (TPSA) is 58.5 Å². The van der Waals surface area contributed by atoms with E-state index >= 15 is 0 Å². The Kier molecular flexibility index (Phi) is 3.86. The highest BCUT2D eigenvalue weighted by Crippen LogP contribution is 2.24. The summed E-state index contributed by atoms with van der Waals surface area (Å²) in [5, 5.41) is 8.69. The van der Waals surface area contributed by atoms with Crippen molar-refractivity contribution in [3.63, 3.8) is 0 Å². The molecular formula is C14H13Cl2N5. The highest BCUT2D eigenvalue weighted by Gasteiger charge is 2.06. The van der Waals surface area contributed by atoms with Crippen LogP contribution < -0.4 is 5.32 Å². The molecule has 0 bridgehead atoms. The van der Waals surface area contributed by atoms with E-state index in [1.54, 1.807) is 29.2 Å². The third kappa shape index (κ3) is 3.20. The SMILES string of the molecule is Cc1cnc(CNc2cnn(-c3ccc(Cl)cc3Cl)c2)[nH]1. The Morgan fingerprint density at radius 1 is 1.29 bits per heavy atom. The molecule has 3 aromatic rings. The van der Waals surface area contributed by atoms with Gasteiger partial charge in [0.05, 0.1) is 35.3 Å². The fourth-order valence-electron chi connectivity index (χ4n) is 1.96. The van der Waals surface area contributed by atoms with Crippen molar-refractivity contribution in [3.05, 3.63) is 58.4 Å². The van der Waals surface area contributed by atoms with Gasteiger partial charge in [0.15, 0.2) is 0 Å². The van der Waals surface area contributed by atoms with Crippen LogP contribution in [0.1, 0.15) is 11.5 Å². The third-order valence-electron chi connectivity index (χ3n) is 2.95. The van der Waals surface area contributed by atoms with Gasteiger partial charge >= 0.3 is 0 Å². The molecule has 0 amide bonds. The number of aromatic amines is 1. The fourth-order valence-corrected chi connectivity index (χ4v) is 2.45. The molecule has 0 saturated carbocycles. The first-order chi connectivity index (χ1) is 10.1.